The molecule has 1 atom stereocenters. The van der Waals surface area contributed by atoms with Crippen LogP contribution in [-0.2, 0) is 11.3 Å². The Morgan fingerprint density at radius 1 is 0.833 bits per heavy atom. The Bertz CT molecular complexity index is 1160. The van der Waals surface area contributed by atoms with Gasteiger partial charge in [-0.2, -0.15) is 0 Å². The predicted molar refractivity (Wildman–Crippen MR) is 117 cm³/mol. The Morgan fingerprint density at radius 2 is 1.60 bits per heavy atom. The average molecular weight is 395 g/mol. The van der Waals surface area contributed by atoms with Crippen molar-refractivity contribution in [2.75, 3.05) is 0 Å². The summed E-state index contributed by atoms with van der Waals surface area (Å²) in [6.45, 7) is 0.335. The summed E-state index contributed by atoms with van der Waals surface area (Å²) in [7, 11) is 0. The van der Waals surface area contributed by atoms with Crippen LogP contribution in [0.1, 0.15) is 27.5 Å². The third-order valence-electron chi connectivity index (χ3n) is 4.87. The van der Waals surface area contributed by atoms with Crippen molar-refractivity contribution in [3.63, 3.8) is 0 Å². The Labute approximate surface area is 174 Å². The lowest BCUT2D eigenvalue weighted by molar-refractivity contribution is -0.123. The number of nitrogens with zero attached hydrogens (tertiary/aromatic N) is 1. The highest BCUT2D eigenvalue weighted by molar-refractivity contribution is 6.00. The van der Waals surface area contributed by atoms with Gasteiger partial charge in [-0.25, -0.2) is 0 Å². The highest BCUT2D eigenvalue weighted by atomic mass is 16.2. The molecule has 1 unspecified atom stereocenters. The second-order valence-electron chi connectivity index (χ2n) is 6.96. The lowest BCUT2D eigenvalue weighted by Gasteiger charge is -2.19. The summed E-state index contributed by atoms with van der Waals surface area (Å²) >= 11 is 0. The van der Waals surface area contributed by atoms with Crippen LogP contribution in [0.25, 0.3) is 10.8 Å². The van der Waals surface area contributed by atoms with Crippen molar-refractivity contribution < 1.29 is 9.59 Å². The molecule has 4 rings (SSSR count). The molecule has 2 N–H and O–H groups in total. The molecular weight excluding hydrogens is 374 g/mol. The number of benzene rings is 3. The highest BCUT2D eigenvalue weighted by Gasteiger charge is 2.23. The van der Waals surface area contributed by atoms with Gasteiger partial charge >= 0.3 is 0 Å². The quantitative estimate of drug-likeness (QED) is 0.518. The van der Waals surface area contributed by atoms with Gasteiger partial charge in [-0.3, -0.25) is 14.6 Å². The molecule has 148 valence electrons. The first-order valence-electron chi connectivity index (χ1n) is 9.72. The van der Waals surface area contributed by atoms with E-state index in [4.69, 9.17) is 0 Å². The normalized spacial score (nSPS) is 11.6. The van der Waals surface area contributed by atoms with Crippen molar-refractivity contribution >= 4 is 22.6 Å². The zero-order valence-corrected chi connectivity index (χ0v) is 16.3. The van der Waals surface area contributed by atoms with Gasteiger partial charge in [-0.15, -0.1) is 0 Å². The summed E-state index contributed by atoms with van der Waals surface area (Å²) in [5, 5.41) is 7.81. The van der Waals surface area contributed by atoms with Gasteiger partial charge in [0.1, 0.15) is 6.04 Å². The van der Waals surface area contributed by atoms with Crippen LogP contribution < -0.4 is 10.6 Å². The van der Waals surface area contributed by atoms with E-state index in [1.54, 1.807) is 18.5 Å². The molecule has 30 heavy (non-hydrogen) atoms. The number of aromatic nitrogens is 1. The molecule has 0 bridgehead atoms. The van der Waals surface area contributed by atoms with Gasteiger partial charge in [-0.1, -0.05) is 66.7 Å². The van der Waals surface area contributed by atoms with Crippen molar-refractivity contribution in [1.82, 2.24) is 15.6 Å². The second-order valence-corrected chi connectivity index (χ2v) is 6.96. The minimum Gasteiger partial charge on any atom is -0.350 e. The van der Waals surface area contributed by atoms with E-state index < -0.39 is 6.04 Å². The molecule has 0 aliphatic rings. The first-order chi connectivity index (χ1) is 14.7. The molecule has 0 fully saturated rings. The molecule has 1 aromatic heterocycles. The Balaban J connectivity index is 1.54. The van der Waals surface area contributed by atoms with Crippen LogP contribution in [0.3, 0.4) is 0 Å². The lowest BCUT2D eigenvalue weighted by atomic mass is 10.0. The van der Waals surface area contributed by atoms with Crippen molar-refractivity contribution in [1.29, 1.82) is 0 Å². The minimum absolute atomic E-state index is 0.279. The number of fused-ring (bicyclic) bond motifs is 1. The second kappa shape index (κ2) is 9.01. The Morgan fingerprint density at radius 3 is 2.37 bits per heavy atom. The molecule has 0 aliphatic carbocycles. The summed E-state index contributed by atoms with van der Waals surface area (Å²) in [5.41, 5.74) is 2.11. The fourth-order valence-corrected chi connectivity index (χ4v) is 3.28. The van der Waals surface area contributed by atoms with Crippen molar-refractivity contribution in [3.05, 3.63) is 114 Å². The van der Waals surface area contributed by atoms with E-state index in [0.29, 0.717) is 12.1 Å². The van der Waals surface area contributed by atoms with E-state index in [-0.39, 0.29) is 11.8 Å². The van der Waals surface area contributed by atoms with Crippen LogP contribution in [-0.4, -0.2) is 16.8 Å². The molecule has 0 saturated carbocycles. The molecule has 0 saturated heterocycles. The van der Waals surface area contributed by atoms with Gasteiger partial charge in [0.2, 0.25) is 5.91 Å². The van der Waals surface area contributed by atoms with Crippen LogP contribution in [0.2, 0.25) is 0 Å². The van der Waals surface area contributed by atoms with Crippen LogP contribution >= 0.6 is 0 Å². The minimum atomic E-state index is -0.804. The van der Waals surface area contributed by atoms with E-state index in [1.807, 2.05) is 78.9 Å². The maximum Gasteiger partial charge on any atom is 0.252 e. The van der Waals surface area contributed by atoms with Crippen molar-refractivity contribution in [2.45, 2.75) is 12.6 Å². The Kier molecular flexibility index (Phi) is 5.80. The van der Waals surface area contributed by atoms with Gasteiger partial charge in [0.05, 0.1) is 0 Å². The molecule has 0 radical (unpaired) electrons. The third-order valence-corrected chi connectivity index (χ3v) is 4.87. The third kappa shape index (κ3) is 4.52. The summed E-state index contributed by atoms with van der Waals surface area (Å²) in [5.74, 6) is -0.578. The molecule has 4 aromatic rings. The van der Waals surface area contributed by atoms with Crippen molar-refractivity contribution in [3.8, 4) is 0 Å². The largest absolute Gasteiger partial charge is 0.350 e. The zero-order valence-electron chi connectivity index (χ0n) is 16.3. The standard InChI is InChI=1S/C25H21N3O2/c29-24(22-13-12-19-8-4-5-11-21(19)15-22)28-23(20-9-2-1-3-10-20)25(30)27-17-18-7-6-14-26-16-18/h1-16,23H,17H2,(H,27,30)(H,28,29). The SMILES string of the molecule is O=C(NC(C(=O)NCc1cccnc1)c1ccccc1)c1ccc2ccccc2c1. The van der Waals surface area contributed by atoms with E-state index in [1.165, 1.54) is 0 Å². The summed E-state index contributed by atoms with van der Waals surface area (Å²) in [6.07, 6.45) is 3.38. The van der Waals surface area contributed by atoms with Gasteiger partial charge in [-0.05, 0) is 40.1 Å². The van der Waals surface area contributed by atoms with Crippen LogP contribution in [0, 0.1) is 0 Å². The summed E-state index contributed by atoms with van der Waals surface area (Å²) in [4.78, 5) is 30.0. The molecular formula is C25H21N3O2. The van der Waals surface area contributed by atoms with E-state index in [9.17, 15) is 9.59 Å². The molecule has 2 amide bonds. The van der Waals surface area contributed by atoms with Crippen molar-refractivity contribution in [2.24, 2.45) is 0 Å². The van der Waals surface area contributed by atoms with E-state index >= 15 is 0 Å². The number of carbonyl (C=O) groups is 2. The van der Waals surface area contributed by atoms with Crippen LogP contribution in [0.4, 0.5) is 0 Å². The average Bonchev–Trinajstić information content (AvgIpc) is 2.81. The molecule has 5 heteroatoms. The lowest BCUT2D eigenvalue weighted by Crippen LogP contribution is -2.40. The summed E-state index contributed by atoms with van der Waals surface area (Å²) < 4.78 is 0. The first kappa shape index (κ1) is 19.3. The van der Waals surface area contributed by atoms with Gasteiger partial charge < -0.3 is 10.6 Å². The predicted octanol–water partition coefficient (Wildman–Crippen LogP) is 4.02. The number of carbonyl (C=O) groups excluding carboxylic acids is 2. The van der Waals surface area contributed by atoms with Crippen LogP contribution in [0.15, 0.2) is 97.3 Å². The van der Waals surface area contributed by atoms with E-state index in [2.05, 4.69) is 15.6 Å². The molecule has 3 aromatic carbocycles. The first-order valence-corrected chi connectivity index (χ1v) is 9.72. The Hall–Kier alpha value is -3.99. The van der Waals surface area contributed by atoms with Gasteiger partial charge in [0.15, 0.2) is 0 Å². The number of rotatable bonds is 6. The molecule has 1 heterocycles. The monoisotopic (exact) mass is 395 g/mol. The zero-order chi connectivity index (χ0) is 20.8. The topological polar surface area (TPSA) is 71.1 Å². The maximum absolute atomic E-state index is 12.9. The maximum atomic E-state index is 12.9. The molecule has 5 nitrogen and oxygen atoms in total. The smallest absolute Gasteiger partial charge is 0.252 e. The highest BCUT2D eigenvalue weighted by Crippen LogP contribution is 2.18. The fraction of sp³-hybridized carbons (Fsp3) is 0.0800. The fourth-order valence-electron chi connectivity index (χ4n) is 3.28. The number of hydrogen-bond donors (Lipinski definition) is 2. The number of amides is 2. The van der Waals surface area contributed by atoms with Gasteiger partial charge in [0.25, 0.3) is 5.91 Å². The molecule has 0 spiro atoms. The van der Waals surface area contributed by atoms with E-state index in [0.717, 1.165) is 21.9 Å². The number of pyridine rings is 1. The number of nitrogens with one attached hydrogen (secondary N) is 2. The number of hydrogen-bond acceptors (Lipinski definition) is 3. The molecule has 0 aliphatic heterocycles. The van der Waals surface area contributed by atoms with Crippen LogP contribution in [0.5, 0.6) is 0 Å². The van der Waals surface area contributed by atoms with Gasteiger partial charge in [0, 0.05) is 24.5 Å². The summed E-state index contributed by atoms with van der Waals surface area (Å²) in [6, 6.07) is 25.5.